The molecule has 1 unspecified atom stereocenters. The van der Waals surface area contributed by atoms with E-state index in [0.29, 0.717) is 12.8 Å². The van der Waals surface area contributed by atoms with E-state index in [0.717, 1.165) is 44.1 Å². The highest BCUT2D eigenvalue weighted by atomic mass is 16.4. The van der Waals surface area contributed by atoms with Crippen molar-refractivity contribution in [2.24, 2.45) is 44.8 Å². The van der Waals surface area contributed by atoms with Crippen LogP contribution in [0.3, 0.4) is 0 Å². The van der Waals surface area contributed by atoms with E-state index in [1.165, 1.54) is 0 Å². The maximum Gasteiger partial charge on any atom is 0.309 e. The summed E-state index contributed by atoms with van der Waals surface area (Å²) in [5, 5.41) is 33.2. The van der Waals surface area contributed by atoms with E-state index in [2.05, 4.69) is 34.6 Å². The molecule has 5 aliphatic carbocycles. The zero-order valence-corrected chi connectivity index (χ0v) is 21.9. The summed E-state index contributed by atoms with van der Waals surface area (Å²) in [6, 6.07) is 0. The molecule has 0 radical (unpaired) electrons. The molecule has 0 aromatic heterocycles. The molecule has 5 heteroatoms. The van der Waals surface area contributed by atoms with Gasteiger partial charge in [0.05, 0.1) is 17.1 Å². The van der Waals surface area contributed by atoms with Crippen molar-refractivity contribution in [1.82, 2.24) is 0 Å². The summed E-state index contributed by atoms with van der Waals surface area (Å²) in [6.45, 7) is 12.7. The number of fused-ring (bicyclic) bond motifs is 7. The minimum absolute atomic E-state index is 0.103. The molecule has 0 amide bonds. The molecule has 190 valence electrons. The molecule has 0 bridgehead atoms. The van der Waals surface area contributed by atoms with E-state index in [-0.39, 0.29) is 52.3 Å². The van der Waals surface area contributed by atoms with Crippen molar-refractivity contribution in [3.63, 3.8) is 0 Å². The van der Waals surface area contributed by atoms with E-state index >= 15 is 0 Å². The van der Waals surface area contributed by atoms with E-state index < -0.39 is 22.4 Å². The van der Waals surface area contributed by atoms with Crippen LogP contribution < -0.4 is 0 Å². The van der Waals surface area contributed by atoms with Crippen molar-refractivity contribution < 1.29 is 24.9 Å². The second kappa shape index (κ2) is 6.97. The van der Waals surface area contributed by atoms with Crippen LogP contribution >= 0.6 is 0 Å². The molecule has 0 aromatic rings. The fraction of sp³-hybridized carbons (Fsp3) is 0.862. The summed E-state index contributed by atoms with van der Waals surface area (Å²) in [7, 11) is 0. The minimum atomic E-state index is -1.27. The first-order chi connectivity index (χ1) is 15.6. The number of carbonyl (C=O) groups is 2. The predicted molar refractivity (Wildman–Crippen MR) is 130 cm³/mol. The quantitative estimate of drug-likeness (QED) is 0.491. The van der Waals surface area contributed by atoms with Gasteiger partial charge in [-0.2, -0.15) is 0 Å². The van der Waals surface area contributed by atoms with Gasteiger partial charge in [-0.3, -0.25) is 9.59 Å². The third-order valence-electron chi connectivity index (χ3n) is 12.4. The lowest BCUT2D eigenvalue weighted by Gasteiger charge is -2.68. The highest BCUT2D eigenvalue weighted by Gasteiger charge is 2.69. The topological polar surface area (TPSA) is 94.8 Å². The molecule has 0 aromatic carbocycles. The van der Waals surface area contributed by atoms with Gasteiger partial charge in [0, 0.05) is 11.3 Å². The fourth-order valence-electron chi connectivity index (χ4n) is 9.94. The lowest BCUT2D eigenvalue weighted by Crippen LogP contribution is -2.67. The summed E-state index contributed by atoms with van der Waals surface area (Å²) in [5.41, 5.74) is -2.54. The molecule has 0 spiro atoms. The summed E-state index contributed by atoms with van der Waals surface area (Å²) >= 11 is 0. The van der Waals surface area contributed by atoms with Gasteiger partial charge in [0.1, 0.15) is 0 Å². The monoisotopic (exact) mass is 472 g/mol. The van der Waals surface area contributed by atoms with Crippen LogP contribution in [0, 0.1) is 44.8 Å². The molecule has 0 aliphatic heterocycles. The number of aliphatic carboxylic acids is 1. The van der Waals surface area contributed by atoms with Crippen molar-refractivity contribution in [2.45, 2.75) is 111 Å². The van der Waals surface area contributed by atoms with Crippen LogP contribution in [0.2, 0.25) is 0 Å². The predicted octanol–water partition coefficient (Wildman–Crippen LogP) is 5.14. The summed E-state index contributed by atoms with van der Waals surface area (Å²) in [6.07, 6.45) is 8.11. The first-order valence-electron chi connectivity index (χ1n) is 13.5. The zero-order chi connectivity index (χ0) is 25.1. The molecule has 3 N–H and O–H groups in total. The number of carboxylic acid groups (broad SMARTS) is 1. The molecule has 4 fully saturated rings. The first-order valence-corrected chi connectivity index (χ1v) is 13.5. The second-order valence-corrected chi connectivity index (χ2v) is 14.4. The number of hydrogen-bond acceptors (Lipinski definition) is 4. The van der Waals surface area contributed by atoms with Crippen LogP contribution in [0.1, 0.15) is 99.3 Å². The van der Waals surface area contributed by atoms with Crippen molar-refractivity contribution in [1.29, 1.82) is 0 Å². The van der Waals surface area contributed by atoms with Crippen LogP contribution in [0.4, 0.5) is 0 Å². The summed E-state index contributed by atoms with van der Waals surface area (Å²) in [5.74, 6) is -0.397. The van der Waals surface area contributed by atoms with Gasteiger partial charge in [-0.1, -0.05) is 34.6 Å². The lowest BCUT2D eigenvalue weighted by molar-refractivity contribution is -0.197. The van der Waals surface area contributed by atoms with Gasteiger partial charge in [-0.15, -0.1) is 0 Å². The molecule has 5 rings (SSSR count). The SMILES string of the molecule is CC1(C)[C@@H](O)CC[C@]2(C)[C@H]3C(=O)C=C4[C@]5(O)C[C@@](C)(C(=O)O)CC[C@]5(C)CC[C@@]4(C)C3CC[C@@H]12. The Hall–Kier alpha value is -1.20. The van der Waals surface area contributed by atoms with Gasteiger partial charge in [0.2, 0.25) is 0 Å². The van der Waals surface area contributed by atoms with Crippen molar-refractivity contribution in [3.05, 3.63) is 11.6 Å². The summed E-state index contributed by atoms with van der Waals surface area (Å²) < 4.78 is 0. The largest absolute Gasteiger partial charge is 0.481 e. The first kappa shape index (κ1) is 24.5. The fourth-order valence-corrected chi connectivity index (χ4v) is 9.94. The molecule has 4 saturated carbocycles. The Bertz CT molecular complexity index is 968. The lowest BCUT2D eigenvalue weighted by atomic mass is 9.37. The van der Waals surface area contributed by atoms with Crippen LogP contribution in [0.25, 0.3) is 0 Å². The Balaban J connectivity index is 1.62. The standard InChI is InChI=1S/C29H44O5/c1-24(2)19-8-7-17-22(28(19,6)10-9-21(24)31)18(30)15-20-27(17,5)14-13-26(4)12-11-25(3,23(32)33)16-29(20,26)34/h15,17,19,21-22,31,34H,7-14,16H2,1-6H3,(H,32,33)/t17?,19-,21-,22+,25-,26+,27-,28-,29+/m0/s1. The Morgan fingerprint density at radius 3 is 2.24 bits per heavy atom. The maximum absolute atomic E-state index is 14.0. The van der Waals surface area contributed by atoms with Crippen LogP contribution in [0.5, 0.6) is 0 Å². The van der Waals surface area contributed by atoms with Crippen molar-refractivity contribution in [3.8, 4) is 0 Å². The molecule has 0 heterocycles. The molecule has 9 atom stereocenters. The third-order valence-corrected chi connectivity index (χ3v) is 12.4. The highest BCUT2D eigenvalue weighted by Crippen LogP contribution is 2.71. The Labute approximate surface area is 204 Å². The van der Waals surface area contributed by atoms with Gasteiger partial charge in [-0.25, -0.2) is 0 Å². The van der Waals surface area contributed by atoms with Crippen LogP contribution in [0.15, 0.2) is 11.6 Å². The van der Waals surface area contributed by atoms with Crippen molar-refractivity contribution >= 4 is 11.8 Å². The number of rotatable bonds is 1. The average molecular weight is 473 g/mol. The van der Waals surface area contributed by atoms with E-state index in [9.17, 15) is 24.9 Å². The number of carbonyl (C=O) groups excluding carboxylic acids is 1. The molecule has 5 aliphatic rings. The second-order valence-electron chi connectivity index (χ2n) is 14.4. The van der Waals surface area contributed by atoms with Gasteiger partial charge < -0.3 is 15.3 Å². The normalized spacial score (nSPS) is 54.1. The zero-order valence-electron chi connectivity index (χ0n) is 21.9. The minimum Gasteiger partial charge on any atom is -0.481 e. The maximum atomic E-state index is 14.0. The number of carboxylic acids is 1. The number of aliphatic hydroxyl groups excluding tert-OH is 1. The third kappa shape index (κ3) is 2.80. The van der Waals surface area contributed by atoms with E-state index in [1.807, 2.05) is 0 Å². The summed E-state index contributed by atoms with van der Waals surface area (Å²) in [4.78, 5) is 26.2. The Morgan fingerprint density at radius 2 is 1.59 bits per heavy atom. The Kier molecular flexibility index (Phi) is 5.02. The smallest absolute Gasteiger partial charge is 0.309 e. The van der Waals surface area contributed by atoms with Gasteiger partial charge in [0.25, 0.3) is 0 Å². The van der Waals surface area contributed by atoms with E-state index in [1.54, 1.807) is 13.0 Å². The van der Waals surface area contributed by atoms with Gasteiger partial charge in [0.15, 0.2) is 5.78 Å². The number of allylic oxidation sites excluding steroid dienone is 1. The number of aliphatic hydroxyl groups is 2. The molecule has 5 nitrogen and oxygen atoms in total. The average Bonchev–Trinajstić information content (AvgIpc) is 2.74. The Morgan fingerprint density at radius 1 is 0.941 bits per heavy atom. The molecule has 0 saturated heterocycles. The van der Waals surface area contributed by atoms with Crippen molar-refractivity contribution in [2.75, 3.05) is 0 Å². The molecule has 34 heavy (non-hydrogen) atoms. The van der Waals surface area contributed by atoms with Gasteiger partial charge >= 0.3 is 5.97 Å². The number of ketones is 1. The molecular weight excluding hydrogens is 428 g/mol. The van der Waals surface area contributed by atoms with Crippen LogP contribution in [-0.2, 0) is 9.59 Å². The highest BCUT2D eigenvalue weighted by molar-refractivity contribution is 5.95. The van der Waals surface area contributed by atoms with Crippen LogP contribution in [-0.4, -0.2) is 38.8 Å². The molecular formula is C29H44O5. The van der Waals surface area contributed by atoms with Gasteiger partial charge in [-0.05, 0) is 104 Å². The number of hydrogen-bond donors (Lipinski definition) is 3. The van der Waals surface area contributed by atoms with E-state index in [4.69, 9.17) is 0 Å².